The Morgan fingerprint density at radius 1 is 1.45 bits per heavy atom. The molecule has 2 aromatic rings. The van der Waals surface area contributed by atoms with Gasteiger partial charge in [-0.3, -0.25) is 0 Å². The third-order valence-electron chi connectivity index (χ3n) is 2.48. The fourth-order valence-electron chi connectivity index (χ4n) is 1.48. The molecule has 10 heteroatoms. The molecule has 0 amide bonds. The largest absolute Gasteiger partial charge is 0.382 e. The maximum absolute atomic E-state index is 12.2. The van der Waals surface area contributed by atoms with Crippen LogP contribution < -0.4 is 11.1 Å². The first-order chi connectivity index (χ1) is 9.32. The summed E-state index contributed by atoms with van der Waals surface area (Å²) in [6, 6.07) is 0. The summed E-state index contributed by atoms with van der Waals surface area (Å²) in [5, 5.41) is 4.35. The maximum Gasteiger partial charge on any atom is 0.249 e. The van der Waals surface area contributed by atoms with Crippen molar-refractivity contribution in [2.45, 2.75) is 18.4 Å². The number of sulfonamides is 1. The minimum Gasteiger partial charge on any atom is -0.382 e. The van der Waals surface area contributed by atoms with Gasteiger partial charge in [-0.2, -0.15) is 4.37 Å². The number of nitrogen functional groups attached to an aromatic ring is 1. The molecule has 0 bridgehead atoms. The van der Waals surface area contributed by atoms with Crippen molar-refractivity contribution in [3.05, 3.63) is 16.1 Å². The number of hydrogen-bond donors (Lipinski definition) is 2. The lowest BCUT2D eigenvalue weighted by Crippen LogP contribution is -2.23. The van der Waals surface area contributed by atoms with Gasteiger partial charge in [-0.1, -0.05) is 0 Å². The van der Waals surface area contributed by atoms with Crippen molar-refractivity contribution in [1.82, 2.24) is 13.7 Å². The van der Waals surface area contributed by atoms with E-state index in [9.17, 15) is 8.42 Å². The van der Waals surface area contributed by atoms with E-state index in [0.29, 0.717) is 11.5 Å². The lowest BCUT2D eigenvalue weighted by Gasteiger charge is -2.12. The number of nitrogens with zero attached hydrogens (tertiary/aromatic N) is 3. The average Bonchev–Trinajstić information content (AvgIpc) is 2.93. The molecule has 0 aliphatic carbocycles. The van der Waals surface area contributed by atoms with Gasteiger partial charge in [0.25, 0.3) is 0 Å². The molecule has 0 unspecified atom stereocenters. The maximum atomic E-state index is 12.2. The van der Waals surface area contributed by atoms with Crippen LogP contribution in [-0.2, 0) is 16.6 Å². The minimum absolute atomic E-state index is 0.0153. The predicted molar refractivity (Wildman–Crippen MR) is 81.6 cm³/mol. The number of hydrogen-bond acceptors (Lipinski definition) is 8. The van der Waals surface area contributed by atoms with Crippen molar-refractivity contribution in [2.24, 2.45) is 0 Å². The first-order valence-electron chi connectivity index (χ1n) is 5.65. The van der Waals surface area contributed by atoms with Crippen LogP contribution >= 0.6 is 22.9 Å². The third kappa shape index (κ3) is 2.92. The second-order valence-electron chi connectivity index (χ2n) is 4.23. The predicted octanol–water partition coefficient (Wildman–Crippen LogP) is 1.35. The molecule has 0 aromatic carbocycles. The minimum atomic E-state index is -3.62. The third-order valence-corrected chi connectivity index (χ3v) is 6.23. The SMILES string of the molecule is Cc1cnc(CNc2snc(N)c2S(=O)(=O)N(C)C)s1. The Labute approximate surface area is 125 Å². The molecule has 7 nitrogen and oxygen atoms in total. The summed E-state index contributed by atoms with van der Waals surface area (Å²) in [6.45, 7) is 2.41. The van der Waals surface area contributed by atoms with Gasteiger partial charge in [-0.25, -0.2) is 17.7 Å². The van der Waals surface area contributed by atoms with Crippen LogP contribution in [0.25, 0.3) is 0 Å². The van der Waals surface area contributed by atoms with Crippen molar-refractivity contribution in [1.29, 1.82) is 0 Å². The first-order valence-corrected chi connectivity index (χ1v) is 8.68. The highest BCUT2D eigenvalue weighted by Gasteiger charge is 2.27. The normalized spacial score (nSPS) is 12.0. The second-order valence-corrected chi connectivity index (χ2v) is 8.41. The standard InChI is InChI=1S/C10H15N5O2S3/c1-6-4-12-7(18-6)5-13-10-8(9(11)14-19-10)20(16,17)15(2)3/h4,13H,5H2,1-3H3,(H2,11,14). The number of rotatable bonds is 5. The van der Waals surface area contributed by atoms with Crippen LogP contribution in [0.5, 0.6) is 0 Å². The van der Waals surface area contributed by atoms with Crippen LogP contribution in [0.15, 0.2) is 11.1 Å². The van der Waals surface area contributed by atoms with E-state index in [-0.39, 0.29) is 10.7 Å². The Balaban J connectivity index is 2.26. The van der Waals surface area contributed by atoms with E-state index in [2.05, 4.69) is 14.7 Å². The molecule has 0 saturated heterocycles. The Kier molecular flexibility index (Phi) is 4.28. The number of nitrogens with one attached hydrogen (secondary N) is 1. The van der Waals surface area contributed by atoms with Gasteiger partial charge in [0.05, 0.1) is 6.54 Å². The topological polar surface area (TPSA) is 101 Å². The molecule has 3 N–H and O–H groups in total. The van der Waals surface area contributed by atoms with E-state index < -0.39 is 10.0 Å². The van der Waals surface area contributed by atoms with Gasteiger partial charge in [0.15, 0.2) is 10.7 Å². The van der Waals surface area contributed by atoms with Crippen LogP contribution in [0.1, 0.15) is 9.88 Å². The number of anilines is 2. The Morgan fingerprint density at radius 3 is 2.70 bits per heavy atom. The van der Waals surface area contributed by atoms with Crippen LogP contribution in [0, 0.1) is 6.92 Å². The average molecular weight is 333 g/mol. The van der Waals surface area contributed by atoms with E-state index in [1.807, 2.05) is 6.92 Å². The first kappa shape index (κ1) is 15.2. The molecule has 0 aliphatic rings. The fraction of sp³-hybridized carbons (Fsp3) is 0.400. The molecular formula is C10H15N5O2S3. The lowest BCUT2D eigenvalue weighted by atomic mass is 10.5. The molecule has 0 aliphatic heterocycles. The Hall–Kier alpha value is -1.23. The Bertz CT molecular complexity index is 704. The molecule has 2 aromatic heterocycles. The zero-order valence-corrected chi connectivity index (χ0v) is 13.7. The summed E-state index contributed by atoms with van der Waals surface area (Å²) in [7, 11) is -0.700. The summed E-state index contributed by atoms with van der Waals surface area (Å²) in [6.07, 6.45) is 1.78. The van der Waals surface area contributed by atoms with Gasteiger partial charge < -0.3 is 11.1 Å². The van der Waals surface area contributed by atoms with Gasteiger partial charge in [-0.05, 0) is 18.5 Å². The second kappa shape index (κ2) is 5.64. The van der Waals surface area contributed by atoms with Gasteiger partial charge in [0, 0.05) is 25.2 Å². The van der Waals surface area contributed by atoms with Crippen LogP contribution in [0.2, 0.25) is 0 Å². The van der Waals surface area contributed by atoms with Crippen LogP contribution in [0.3, 0.4) is 0 Å². The zero-order chi connectivity index (χ0) is 14.9. The summed E-state index contributed by atoms with van der Waals surface area (Å²) in [4.78, 5) is 5.35. The summed E-state index contributed by atoms with van der Waals surface area (Å²) >= 11 is 2.58. The number of aromatic nitrogens is 2. The van der Waals surface area contributed by atoms with E-state index >= 15 is 0 Å². The molecule has 110 valence electrons. The van der Waals surface area contributed by atoms with Crippen molar-refractivity contribution >= 4 is 43.7 Å². The van der Waals surface area contributed by atoms with Gasteiger partial charge in [0.1, 0.15) is 10.0 Å². The van der Waals surface area contributed by atoms with Gasteiger partial charge in [0.2, 0.25) is 10.0 Å². The van der Waals surface area contributed by atoms with Gasteiger partial charge in [-0.15, -0.1) is 11.3 Å². The molecular weight excluding hydrogens is 318 g/mol. The van der Waals surface area contributed by atoms with E-state index in [0.717, 1.165) is 25.7 Å². The summed E-state index contributed by atoms with van der Waals surface area (Å²) in [5.41, 5.74) is 5.68. The van der Waals surface area contributed by atoms with Gasteiger partial charge >= 0.3 is 0 Å². The van der Waals surface area contributed by atoms with Crippen LogP contribution in [-0.4, -0.2) is 36.2 Å². The molecule has 0 atom stereocenters. The van der Waals surface area contributed by atoms with Crippen molar-refractivity contribution in [3.8, 4) is 0 Å². The van der Waals surface area contributed by atoms with E-state index in [1.165, 1.54) is 14.1 Å². The molecule has 0 spiro atoms. The molecule has 2 heterocycles. The fourth-order valence-corrected chi connectivity index (χ4v) is 4.28. The highest BCUT2D eigenvalue weighted by atomic mass is 32.2. The van der Waals surface area contributed by atoms with Crippen molar-refractivity contribution in [3.63, 3.8) is 0 Å². The van der Waals surface area contributed by atoms with Crippen molar-refractivity contribution < 1.29 is 8.42 Å². The molecule has 0 radical (unpaired) electrons. The van der Waals surface area contributed by atoms with E-state index in [4.69, 9.17) is 5.73 Å². The quantitative estimate of drug-likeness (QED) is 0.856. The van der Waals surface area contributed by atoms with Crippen LogP contribution in [0.4, 0.5) is 10.8 Å². The molecule has 2 rings (SSSR count). The molecule has 0 fully saturated rings. The monoisotopic (exact) mass is 333 g/mol. The smallest absolute Gasteiger partial charge is 0.249 e. The summed E-state index contributed by atoms with van der Waals surface area (Å²) in [5.74, 6) is 0.0153. The molecule has 20 heavy (non-hydrogen) atoms. The zero-order valence-electron chi connectivity index (χ0n) is 11.2. The number of aryl methyl sites for hydroxylation is 1. The number of nitrogens with two attached hydrogens (primary N) is 1. The lowest BCUT2D eigenvalue weighted by molar-refractivity contribution is 0.521. The van der Waals surface area contributed by atoms with Crippen molar-refractivity contribution in [2.75, 3.05) is 25.1 Å². The Morgan fingerprint density at radius 2 is 2.15 bits per heavy atom. The summed E-state index contributed by atoms with van der Waals surface area (Å²) < 4.78 is 29.5. The molecule has 0 saturated carbocycles. The highest BCUT2D eigenvalue weighted by molar-refractivity contribution is 7.89. The van der Waals surface area contributed by atoms with E-state index in [1.54, 1.807) is 17.5 Å². The highest BCUT2D eigenvalue weighted by Crippen LogP contribution is 2.33. The number of thiazole rings is 1.